The highest BCUT2D eigenvalue weighted by Crippen LogP contribution is 2.25. The van der Waals surface area contributed by atoms with Gasteiger partial charge in [0.2, 0.25) is 0 Å². The Labute approximate surface area is 195 Å². The minimum atomic E-state index is -0.155. The van der Waals surface area contributed by atoms with Crippen molar-refractivity contribution in [2.75, 3.05) is 18.5 Å². The van der Waals surface area contributed by atoms with Crippen LogP contribution in [0.2, 0.25) is 0 Å². The molecular formula is C27H33N3O3. The summed E-state index contributed by atoms with van der Waals surface area (Å²) in [6, 6.07) is 13.8. The molecule has 1 aromatic heterocycles. The number of ether oxygens (including phenoxy) is 2. The summed E-state index contributed by atoms with van der Waals surface area (Å²) >= 11 is 0. The molecule has 0 radical (unpaired) electrons. The largest absolute Gasteiger partial charge is 0.491 e. The molecule has 6 heteroatoms. The fourth-order valence-corrected chi connectivity index (χ4v) is 3.92. The zero-order valence-corrected chi connectivity index (χ0v) is 19.7. The lowest BCUT2D eigenvalue weighted by Crippen LogP contribution is -2.24. The number of carbonyl (C=O) groups is 1. The van der Waals surface area contributed by atoms with Crippen LogP contribution in [0.25, 0.3) is 10.9 Å². The number of nitrogens with one attached hydrogen (secondary N) is 2. The lowest BCUT2D eigenvalue weighted by Gasteiger charge is -2.14. The van der Waals surface area contributed by atoms with Crippen molar-refractivity contribution in [1.82, 2.24) is 10.3 Å². The van der Waals surface area contributed by atoms with Crippen molar-refractivity contribution >= 4 is 22.5 Å². The predicted molar refractivity (Wildman–Crippen MR) is 132 cm³/mol. The van der Waals surface area contributed by atoms with E-state index in [0.717, 1.165) is 65.9 Å². The Balaban J connectivity index is 1.40. The fraction of sp³-hybridized carbons (Fsp3) is 0.407. The summed E-state index contributed by atoms with van der Waals surface area (Å²) in [6.45, 7) is 8.49. The molecule has 1 saturated heterocycles. The standard InChI is InChI=1S/C27H33N3O3/c1-4-18(2)28-15-20-14-22-9-12-25(19(3)26(22)29-16-20)30-27(31)21-7-10-23(11-8-21)33-17-24-6-5-13-32-24/h7-12,14,16,18,24,28H,4-6,13,15,17H2,1-3H3,(H,30,31)/t18-,24+/m1/s1. The van der Waals surface area contributed by atoms with Gasteiger partial charge in [0.05, 0.1) is 11.6 Å². The molecule has 4 rings (SSSR count). The first kappa shape index (κ1) is 23.2. The molecule has 6 nitrogen and oxygen atoms in total. The zero-order valence-electron chi connectivity index (χ0n) is 19.7. The molecule has 0 aliphatic carbocycles. The van der Waals surface area contributed by atoms with Gasteiger partial charge < -0.3 is 20.1 Å². The molecule has 0 unspecified atom stereocenters. The van der Waals surface area contributed by atoms with E-state index in [-0.39, 0.29) is 12.0 Å². The average Bonchev–Trinajstić information content (AvgIpc) is 3.37. The van der Waals surface area contributed by atoms with Gasteiger partial charge in [0.1, 0.15) is 12.4 Å². The smallest absolute Gasteiger partial charge is 0.255 e. The molecule has 1 aliphatic heterocycles. The number of amides is 1. The highest BCUT2D eigenvalue weighted by atomic mass is 16.5. The van der Waals surface area contributed by atoms with Crippen molar-refractivity contribution < 1.29 is 14.3 Å². The van der Waals surface area contributed by atoms with Crippen molar-refractivity contribution in [1.29, 1.82) is 0 Å². The first-order valence-corrected chi connectivity index (χ1v) is 11.8. The number of pyridine rings is 1. The Morgan fingerprint density at radius 1 is 1.24 bits per heavy atom. The molecule has 2 N–H and O–H groups in total. The third kappa shape index (κ3) is 5.89. The minimum Gasteiger partial charge on any atom is -0.491 e. The second kappa shape index (κ2) is 10.8. The highest BCUT2D eigenvalue weighted by Gasteiger charge is 2.16. The third-order valence-electron chi connectivity index (χ3n) is 6.25. The normalized spacial score (nSPS) is 16.6. The SMILES string of the molecule is CC[C@@H](C)NCc1cnc2c(C)c(NC(=O)c3ccc(OC[C@@H]4CCCO4)cc3)ccc2c1. The number of carbonyl (C=O) groups excluding carboxylic acids is 1. The van der Waals surface area contributed by atoms with Crippen molar-refractivity contribution in [3.63, 3.8) is 0 Å². The molecule has 1 aliphatic rings. The molecule has 0 bridgehead atoms. The van der Waals surface area contributed by atoms with Crippen LogP contribution in [-0.2, 0) is 11.3 Å². The zero-order chi connectivity index (χ0) is 23.2. The van der Waals surface area contributed by atoms with E-state index in [9.17, 15) is 4.79 Å². The van der Waals surface area contributed by atoms with E-state index < -0.39 is 0 Å². The predicted octanol–water partition coefficient (Wildman–Crippen LogP) is 5.24. The van der Waals surface area contributed by atoms with E-state index in [1.165, 1.54) is 0 Å². The number of hydrogen-bond donors (Lipinski definition) is 2. The molecule has 0 saturated carbocycles. The van der Waals surface area contributed by atoms with Gasteiger partial charge in [-0.2, -0.15) is 0 Å². The lowest BCUT2D eigenvalue weighted by atomic mass is 10.1. The van der Waals surface area contributed by atoms with E-state index in [1.807, 2.05) is 37.4 Å². The van der Waals surface area contributed by atoms with Gasteiger partial charge in [-0.15, -0.1) is 0 Å². The third-order valence-corrected chi connectivity index (χ3v) is 6.25. The van der Waals surface area contributed by atoms with E-state index in [4.69, 9.17) is 9.47 Å². The molecule has 2 heterocycles. The Morgan fingerprint density at radius 3 is 2.79 bits per heavy atom. The van der Waals surface area contributed by atoms with E-state index >= 15 is 0 Å². The Kier molecular flexibility index (Phi) is 7.57. The van der Waals surface area contributed by atoms with Crippen molar-refractivity contribution in [2.24, 2.45) is 0 Å². The molecule has 2 aromatic carbocycles. The van der Waals surface area contributed by atoms with Gasteiger partial charge in [-0.05, 0) is 80.6 Å². The summed E-state index contributed by atoms with van der Waals surface area (Å²) in [5, 5.41) is 7.59. The maximum Gasteiger partial charge on any atom is 0.255 e. The lowest BCUT2D eigenvalue weighted by molar-refractivity contribution is 0.0679. The first-order chi connectivity index (χ1) is 16.0. The second-order valence-corrected chi connectivity index (χ2v) is 8.77. The summed E-state index contributed by atoms with van der Waals surface area (Å²) in [5.74, 6) is 0.587. The van der Waals surface area contributed by atoms with Crippen LogP contribution in [0.1, 0.15) is 54.6 Å². The molecule has 3 aromatic rings. The van der Waals surface area contributed by atoms with Crippen molar-refractivity contribution in [3.05, 3.63) is 65.4 Å². The molecular weight excluding hydrogens is 414 g/mol. The first-order valence-electron chi connectivity index (χ1n) is 11.8. The molecule has 0 spiro atoms. The Morgan fingerprint density at radius 2 is 2.06 bits per heavy atom. The number of aryl methyl sites for hydroxylation is 1. The molecule has 33 heavy (non-hydrogen) atoms. The quantitative estimate of drug-likeness (QED) is 0.469. The van der Waals surface area contributed by atoms with Crippen molar-refractivity contribution in [3.8, 4) is 5.75 Å². The van der Waals surface area contributed by atoms with Crippen LogP contribution >= 0.6 is 0 Å². The monoisotopic (exact) mass is 447 g/mol. The summed E-state index contributed by atoms with van der Waals surface area (Å²) in [6.07, 6.45) is 5.30. The van der Waals surface area contributed by atoms with Gasteiger partial charge >= 0.3 is 0 Å². The van der Waals surface area contributed by atoms with E-state index in [0.29, 0.717) is 18.2 Å². The second-order valence-electron chi connectivity index (χ2n) is 8.77. The van der Waals surface area contributed by atoms with Crippen LogP contribution in [-0.4, -0.2) is 36.3 Å². The fourth-order valence-electron chi connectivity index (χ4n) is 3.92. The van der Waals surface area contributed by atoms with E-state index in [2.05, 4.69) is 35.5 Å². The van der Waals surface area contributed by atoms with Gasteiger partial charge in [0.15, 0.2) is 0 Å². The number of hydrogen-bond acceptors (Lipinski definition) is 5. The Hall–Kier alpha value is -2.96. The van der Waals surface area contributed by atoms with Crippen LogP contribution in [0, 0.1) is 6.92 Å². The van der Waals surface area contributed by atoms with Gasteiger partial charge in [-0.1, -0.05) is 13.0 Å². The van der Waals surface area contributed by atoms with Crippen molar-refractivity contribution in [2.45, 2.75) is 58.7 Å². The summed E-state index contributed by atoms with van der Waals surface area (Å²) in [7, 11) is 0. The highest BCUT2D eigenvalue weighted by molar-refractivity contribution is 6.06. The minimum absolute atomic E-state index is 0.155. The van der Waals surface area contributed by atoms with Crippen LogP contribution in [0.5, 0.6) is 5.75 Å². The molecule has 1 amide bonds. The molecule has 1 fully saturated rings. The number of benzene rings is 2. The number of fused-ring (bicyclic) bond motifs is 1. The average molecular weight is 448 g/mol. The summed E-state index contributed by atoms with van der Waals surface area (Å²) in [4.78, 5) is 17.5. The van der Waals surface area contributed by atoms with Gasteiger partial charge in [0.25, 0.3) is 5.91 Å². The maximum absolute atomic E-state index is 12.8. The van der Waals surface area contributed by atoms with Crippen LogP contribution in [0.4, 0.5) is 5.69 Å². The van der Waals surface area contributed by atoms with Gasteiger partial charge in [-0.3, -0.25) is 9.78 Å². The number of aromatic nitrogens is 1. The molecule has 174 valence electrons. The van der Waals surface area contributed by atoms with Gasteiger partial charge in [0, 0.05) is 42.0 Å². The molecule has 2 atom stereocenters. The topological polar surface area (TPSA) is 72.5 Å². The Bertz CT molecular complexity index is 1090. The number of anilines is 1. The van der Waals surface area contributed by atoms with Crippen LogP contribution in [0.15, 0.2) is 48.7 Å². The number of nitrogens with zero attached hydrogens (tertiary/aromatic N) is 1. The van der Waals surface area contributed by atoms with Crippen LogP contribution in [0.3, 0.4) is 0 Å². The summed E-state index contributed by atoms with van der Waals surface area (Å²) in [5.41, 5.74) is 4.36. The van der Waals surface area contributed by atoms with Gasteiger partial charge in [-0.25, -0.2) is 0 Å². The number of rotatable bonds is 9. The maximum atomic E-state index is 12.8. The summed E-state index contributed by atoms with van der Waals surface area (Å²) < 4.78 is 11.4. The van der Waals surface area contributed by atoms with E-state index in [1.54, 1.807) is 12.1 Å². The van der Waals surface area contributed by atoms with Crippen LogP contribution < -0.4 is 15.4 Å².